The van der Waals surface area contributed by atoms with Gasteiger partial charge in [0, 0.05) is 12.6 Å². The van der Waals surface area contributed by atoms with E-state index < -0.39 is 5.78 Å². The van der Waals surface area contributed by atoms with Crippen LogP contribution < -0.4 is 4.74 Å². The van der Waals surface area contributed by atoms with Crippen LogP contribution in [0.4, 0.5) is 0 Å². The van der Waals surface area contributed by atoms with E-state index in [4.69, 9.17) is 27.9 Å². The molecule has 3 rings (SSSR count). The number of carbonyl (C=O) groups excluding carboxylic acids is 1. The lowest BCUT2D eigenvalue weighted by Crippen LogP contribution is -2.12. The molecule has 0 bridgehead atoms. The molecule has 11 heteroatoms. The summed E-state index contributed by atoms with van der Waals surface area (Å²) in [4.78, 5) is 14.2. The summed E-state index contributed by atoms with van der Waals surface area (Å²) in [7, 11) is 1.54. The molecule has 0 unspecified atom stereocenters. The lowest BCUT2D eigenvalue weighted by Gasteiger charge is -2.12. The van der Waals surface area contributed by atoms with Crippen molar-refractivity contribution in [3.63, 3.8) is 0 Å². The van der Waals surface area contributed by atoms with Crippen molar-refractivity contribution in [1.29, 1.82) is 0 Å². The van der Waals surface area contributed by atoms with Crippen LogP contribution in [0.15, 0.2) is 18.5 Å². The van der Waals surface area contributed by atoms with Crippen LogP contribution in [0, 0.1) is 6.92 Å². The third-order valence-corrected chi connectivity index (χ3v) is 4.31. The molecule has 26 heavy (non-hydrogen) atoms. The highest BCUT2D eigenvalue weighted by molar-refractivity contribution is 6.40. The minimum atomic E-state index is -0.474. The summed E-state index contributed by atoms with van der Waals surface area (Å²) in [6.45, 7) is 2.12. The van der Waals surface area contributed by atoms with Gasteiger partial charge in [-0.3, -0.25) is 4.79 Å². The third-order valence-electron chi connectivity index (χ3n) is 3.64. The zero-order valence-electron chi connectivity index (χ0n) is 13.8. The van der Waals surface area contributed by atoms with Crippen molar-refractivity contribution in [2.45, 2.75) is 13.5 Å². The van der Waals surface area contributed by atoms with Crippen molar-refractivity contribution in [3.8, 4) is 11.6 Å². The van der Waals surface area contributed by atoms with Crippen molar-refractivity contribution in [3.05, 3.63) is 45.3 Å². The molecule has 0 atom stereocenters. The Morgan fingerprint density at radius 1 is 1.35 bits per heavy atom. The van der Waals surface area contributed by atoms with Gasteiger partial charge in [0.1, 0.15) is 12.2 Å². The van der Waals surface area contributed by atoms with Crippen LogP contribution in [0.1, 0.15) is 21.6 Å². The van der Waals surface area contributed by atoms with Gasteiger partial charge < -0.3 is 9.84 Å². The molecule has 0 saturated carbocycles. The highest BCUT2D eigenvalue weighted by Crippen LogP contribution is 2.37. The summed E-state index contributed by atoms with van der Waals surface area (Å²) >= 11 is 12.5. The molecule has 0 aliphatic carbocycles. The predicted molar refractivity (Wildman–Crippen MR) is 92.8 cm³/mol. The molecular weight excluding hydrogens is 383 g/mol. The first-order valence-electron chi connectivity index (χ1n) is 7.49. The fourth-order valence-electron chi connectivity index (χ4n) is 2.41. The second-order valence-corrected chi connectivity index (χ2v) is 6.14. The van der Waals surface area contributed by atoms with Crippen molar-refractivity contribution in [1.82, 2.24) is 30.0 Å². The number of aromatic nitrogens is 6. The summed E-state index contributed by atoms with van der Waals surface area (Å²) in [6.07, 6.45) is 1.31. The van der Waals surface area contributed by atoms with Crippen LogP contribution in [0.25, 0.3) is 0 Å². The standard InChI is InChI=1S/C15H14Cl2N6O3/c1-8-11(15(25)22(2)20-8)13(24)9-3-4-10(16)14(12(9)17)26-6-5-23-19-7-18-21-23/h3-4,7,25H,5-6H2,1-2H3. The zero-order valence-corrected chi connectivity index (χ0v) is 15.4. The molecule has 0 radical (unpaired) electrons. The monoisotopic (exact) mass is 396 g/mol. The number of hydrogen-bond donors (Lipinski definition) is 1. The number of hydrogen-bond acceptors (Lipinski definition) is 7. The largest absolute Gasteiger partial charge is 0.493 e. The molecule has 9 nitrogen and oxygen atoms in total. The zero-order chi connectivity index (χ0) is 18.8. The number of aryl methyl sites for hydroxylation is 2. The van der Waals surface area contributed by atoms with E-state index in [0.29, 0.717) is 12.2 Å². The number of carbonyl (C=O) groups is 1. The van der Waals surface area contributed by atoms with Crippen LogP contribution in [0.2, 0.25) is 10.0 Å². The topological polar surface area (TPSA) is 108 Å². The summed E-state index contributed by atoms with van der Waals surface area (Å²) in [5, 5.41) is 25.6. The maximum absolute atomic E-state index is 12.8. The Balaban J connectivity index is 1.87. The second-order valence-electron chi connectivity index (χ2n) is 5.36. The van der Waals surface area contributed by atoms with Gasteiger partial charge in [-0.05, 0) is 24.3 Å². The Hall–Kier alpha value is -2.65. The van der Waals surface area contributed by atoms with Crippen LogP contribution in [0.5, 0.6) is 11.6 Å². The van der Waals surface area contributed by atoms with E-state index in [-0.39, 0.29) is 39.4 Å². The molecule has 2 aromatic heterocycles. The Morgan fingerprint density at radius 2 is 2.12 bits per heavy atom. The molecule has 0 aliphatic rings. The molecule has 136 valence electrons. The Kier molecular flexibility index (Phi) is 5.10. The second kappa shape index (κ2) is 7.30. The average molecular weight is 397 g/mol. The molecule has 0 saturated heterocycles. The summed E-state index contributed by atoms with van der Waals surface area (Å²) in [6, 6.07) is 2.98. The number of ether oxygens (including phenoxy) is 1. The van der Waals surface area contributed by atoms with Crippen LogP contribution >= 0.6 is 23.2 Å². The quantitative estimate of drug-likeness (QED) is 0.634. The first-order chi connectivity index (χ1) is 12.4. The van der Waals surface area contributed by atoms with Gasteiger partial charge in [0.25, 0.3) is 0 Å². The van der Waals surface area contributed by atoms with E-state index in [1.54, 1.807) is 6.92 Å². The van der Waals surface area contributed by atoms with Gasteiger partial charge in [-0.2, -0.15) is 9.90 Å². The molecular formula is C15H14Cl2N6O3. The lowest BCUT2D eigenvalue weighted by molar-refractivity contribution is 0.103. The molecule has 0 aliphatic heterocycles. The number of nitrogens with zero attached hydrogens (tertiary/aromatic N) is 6. The van der Waals surface area contributed by atoms with E-state index in [9.17, 15) is 9.90 Å². The van der Waals surface area contributed by atoms with Gasteiger partial charge in [0.2, 0.25) is 11.7 Å². The molecule has 1 N–H and O–H groups in total. The molecule has 3 aromatic rings. The number of ketones is 1. The van der Waals surface area contributed by atoms with Gasteiger partial charge in [0.15, 0.2) is 12.1 Å². The van der Waals surface area contributed by atoms with Gasteiger partial charge in [-0.25, -0.2) is 4.68 Å². The molecule has 2 heterocycles. The van der Waals surface area contributed by atoms with Crippen LogP contribution in [0.3, 0.4) is 0 Å². The Bertz CT molecular complexity index is 955. The summed E-state index contributed by atoms with van der Waals surface area (Å²) < 4.78 is 6.82. The minimum Gasteiger partial charge on any atom is -0.493 e. The normalized spacial score (nSPS) is 10.9. The van der Waals surface area contributed by atoms with Crippen molar-refractivity contribution >= 4 is 29.0 Å². The van der Waals surface area contributed by atoms with Gasteiger partial charge in [-0.15, -0.1) is 10.2 Å². The molecule has 1 aromatic carbocycles. The van der Waals surface area contributed by atoms with E-state index >= 15 is 0 Å². The van der Waals surface area contributed by atoms with Crippen molar-refractivity contribution in [2.24, 2.45) is 7.05 Å². The van der Waals surface area contributed by atoms with Crippen molar-refractivity contribution in [2.75, 3.05) is 6.61 Å². The predicted octanol–water partition coefficient (Wildman–Crippen LogP) is 2.04. The first-order valence-corrected chi connectivity index (χ1v) is 8.24. The number of benzene rings is 1. The number of aromatic hydroxyl groups is 1. The first kappa shape index (κ1) is 18.2. The van der Waals surface area contributed by atoms with Crippen LogP contribution in [-0.4, -0.2) is 47.5 Å². The average Bonchev–Trinajstić information content (AvgIpc) is 3.19. The highest BCUT2D eigenvalue weighted by Gasteiger charge is 2.25. The van der Waals surface area contributed by atoms with E-state index in [2.05, 4.69) is 20.5 Å². The molecule has 0 fully saturated rings. The third kappa shape index (κ3) is 3.35. The minimum absolute atomic E-state index is 0.0525. The van der Waals surface area contributed by atoms with E-state index in [0.717, 1.165) is 0 Å². The SMILES string of the molecule is Cc1nn(C)c(O)c1C(=O)c1ccc(Cl)c(OCCn2ncnn2)c1Cl. The Morgan fingerprint density at radius 3 is 2.73 bits per heavy atom. The maximum atomic E-state index is 12.8. The fourth-order valence-corrected chi connectivity index (χ4v) is 2.97. The number of halogens is 2. The molecule has 0 spiro atoms. The van der Waals surface area contributed by atoms with Gasteiger partial charge in [0.05, 0.1) is 22.3 Å². The fraction of sp³-hybridized carbons (Fsp3) is 0.267. The number of tetrazole rings is 1. The van der Waals surface area contributed by atoms with Gasteiger partial charge in [-0.1, -0.05) is 23.2 Å². The smallest absolute Gasteiger partial charge is 0.220 e. The molecule has 0 amide bonds. The van der Waals surface area contributed by atoms with Crippen LogP contribution in [-0.2, 0) is 13.6 Å². The highest BCUT2D eigenvalue weighted by atomic mass is 35.5. The lowest BCUT2D eigenvalue weighted by atomic mass is 10.0. The summed E-state index contributed by atoms with van der Waals surface area (Å²) in [5.41, 5.74) is 0.617. The van der Waals surface area contributed by atoms with Crippen molar-refractivity contribution < 1.29 is 14.6 Å². The summed E-state index contributed by atoms with van der Waals surface area (Å²) in [5.74, 6) is -0.545. The van der Waals surface area contributed by atoms with Gasteiger partial charge >= 0.3 is 0 Å². The Labute approximate surface area is 158 Å². The number of rotatable bonds is 6. The maximum Gasteiger partial charge on any atom is 0.220 e. The van der Waals surface area contributed by atoms with E-state index in [1.165, 1.54) is 35.0 Å². The van der Waals surface area contributed by atoms with E-state index in [1.807, 2.05) is 0 Å².